The van der Waals surface area contributed by atoms with Gasteiger partial charge in [0.25, 0.3) is 0 Å². The number of nitrogens with zero attached hydrogens (tertiary/aromatic N) is 1. The molecule has 2 aliphatic carbocycles. The van der Waals surface area contributed by atoms with Crippen molar-refractivity contribution in [2.24, 2.45) is 4.36 Å². The minimum absolute atomic E-state index is 0.0325. The van der Waals surface area contributed by atoms with Crippen molar-refractivity contribution in [3.8, 4) is 0 Å². The SMILES string of the molecule is CO[C@H]1CCO/C(=C(/C=N)[SH](=O)=NC(=O)Nc2c3c(cc4c2CCC4)CCC3)NC1. The van der Waals surface area contributed by atoms with Crippen LogP contribution in [0.5, 0.6) is 0 Å². The fourth-order valence-electron chi connectivity index (χ4n) is 4.46. The van der Waals surface area contributed by atoms with E-state index in [2.05, 4.69) is 21.1 Å². The van der Waals surface area contributed by atoms with Crippen LogP contribution in [0, 0.1) is 5.41 Å². The maximum absolute atomic E-state index is 12.8. The molecule has 30 heavy (non-hydrogen) atoms. The zero-order valence-corrected chi connectivity index (χ0v) is 18.0. The van der Waals surface area contributed by atoms with Gasteiger partial charge in [-0.15, -0.1) is 4.36 Å². The fourth-order valence-corrected chi connectivity index (χ4v) is 5.21. The molecule has 0 bridgehead atoms. The summed E-state index contributed by atoms with van der Waals surface area (Å²) in [6.45, 7) is 0.844. The fraction of sp³-hybridized carbons (Fsp3) is 0.524. The highest BCUT2D eigenvalue weighted by Gasteiger charge is 2.25. The van der Waals surface area contributed by atoms with E-state index in [1.807, 2.05) is 0 Å². The number of ether oxygens (including phenoxy) is 2. The van der Waals surface area contributed by atoms with Crippen molar-refractivity contribution in [3.05, 3.63) is 39.1 Å². The molecular formula is C21H28N4O4S. The topological polar surface area (TPSA) is 113 Å². The number of carbonyl (C=O) groups excluding carboxylic acids is 1. The Morgan fingerprint density at radius 1 is 1.30 bits per heavy atom. The predicted molar refractivity (Wildman–Crippen MR) is 117 cm³/mol. The van der Waals surface area contributed by atoms with Crippen LogP contribution in [0.3, 0.4) is 0 Å². The number of anilines is 1. The van der Waals surface area contributed by atoms with Crippen molar-refractivity contribution in [2.45, 2.75) is 51.0 Å². The number of methoxy groups -OCH3 is 1. The van der Waals surface area contributed by atoms with Crippen LogP contribution >= 0.6 is 0 Å². The number of urea groups is 1. The van der Waals surface area contributed by atoms with E-state index in [9.17, 15) is 9.00 Å². The highest BCUT2D eigenvalue weighted by molar-refractivity contribution is 7.80. The average molecular weight is 433 g/mol. The van der Waals surface area contributed by atoms with Crippen molar-refractivity contribution in [2.75, 3.05) is 25.6 Å². The van der Waals surface area contributed by atoms with Gasteiger partial charge >= 0.3 is 6.03 Å². The summed E-state index contributed by atoms with van der Waals surface area (Å²) in [5.74, 6) is 0.226. The summed E-state index contributed by atoms with van der Waals surface area (Å²) >= 11 is 0. The molecule has 2 amide bonds. The minimum Gasteiger partial charge on any atom is -0.478 e. The van der Waals surface area contributed by atoms with Crippen molar-refractivity contribution in [1.29, 1.82) is 5.41 Å². The van der Waals surface area contributed by atoms with Crippen LogP contribution in [0.2, 0.25) is 0 Å². The van der Waals surface area contributed by atoms with Gasteiger partial charge in [-0.3, -0.25) is 0 Å². The zero-order valence-electron chi connectivity index (χ0n) is 17.1. The highest BCUT2D eigenvalue weighted by Crippen LogP contribution is 2.38. The highest BCUT2D eigenvalue weighted by atomic mass is 32.2. The smallest absolute Gasteiger partial charge is 0.353 e. The summed E-state index contributed by atoms with van der Waals surface area (Å²) in [7, 11) is -0.853. The van der Waals surface area contributed by atoms with Crippen LogP contribution in [0.25, 0.3) is 0 Å². The van der Waals surface area contributed by atoms with Gasteiger partial charge in [0.05, 0.1) is 23.3 Å². The Bertz CT molecular complexity index is 949. The van der Waals surface area contributed by atoms with Gasteiger partial charge in [-0.25, -0.2) is 9.00 Å². The summed E-state index contributed by atoms with van der Waals surface area (Å²) in [4.78, 5) is 12.7. The molecule has 8 nitrogen and oxygen atoms in total. The molecule has 3 aliphatic rings. The second-order valence-corrected chi connectivity index (χ2v) is 9.00. The monoisotopic (exact) mass is 432 g/mol. The van der Waals surface area contributed by atoms with E-state index in [1.54, 1.807) is 7.11 Å². The van der Waals surface area contributed by atoms with E-state index in [4.69, 9.17) is 14.9 Å². The summed E-state index contributed by atoms with van der Waals surface area (Å²) in [6, 6.07) is 1.64. The van der Waals surface area contributed by atoms with Gasteiger partial charge in [0.15, 0.2) is 0 Å². The molecule has 1 saturated heterocycles. The van der Waals surface area contributed by atoms with Crippen LogP contribution in [-0.4, -0.2) is 42.8 Å². The number of hydrogen-bond acceptors (Lipinski definition) is 6. The predicted octanol–water partition coefficient (Wildman–Crippen LogP) is 2.70. The molecule has 1 heterocycles. The Morgan fingerprint density at radius 2 is 2.00 bits per heavy atom. The largest absolute Gasteiger partial charge is 0.478 e. The van der Waals surface area contributed by atoms with E-state index in [-0.39, 0.29) is 16.9 Å². The number of allylic oxidation sites excluding steroid dienone is 1. The van der Waals surface area contributed by atoms with Gasteiger partial charge in [-0.05, 0) is 60.8 Å². The number of hydrogen-bond donors (Lipinski definition) is 4. The van der Waals surface area contributed by atoms with Crippen LogP contribution in [0.1, 0.15) is 41.5 Å². The third kappa shape index (κ3) is 4.22. The van der Waals surface area contributed by atoms with Crippen LogP contribution in [-0.2, 0) is 45.8 Å². The number of thiol groups is 1. The number of amides is 2. The first kappa shape index (κ1) is 20.9. The zero-order chi connectivity index (χ0) is 21.1. The van der Waals surface area contributed by atoms with Crippen LogP contribution < -0.4 is 10.6 Å². The lowest BCUT2D eigenvalue weighted by Gasteiger charge is -2.15. The molecule has 1 aromatic carbocycles. The normalized spacial score (nSPS) is 22.9. The van der Waals surface area contributed by atoms with Gasteiger partial charge in [0.1, 0.15) is 4.91 Å². The first-order valence-electron chi connectivity index (χ1n) is 10.4. The van der Waals surface area contributed by atoms with Gasteiger partial charge in [0.2, 0.25) is 5.88 Å². The minimum atomic E-state index is -2.47. The Kier molecular flexibility index (Phi) is 6.38. The molecule has 9 heteroatoms. The molecule has 0 radical (unpaired) electrons. The van der Waals surface area contributed by atoms with Crippen molar-refractivity contribution < 1.29 is 18.5 Å². The molecule has 0 saturated carbocycles. The maximum Gasteiger partial charge on any atom is 0.353 e. The number of rotatable bonds is 4. The first-order chi connectivity index (χ1) is 14.6. The molecule has 3 N–H and O–H groups in total. The van der Waals surface area contributed by atoms with E-state index in [0.717, 1.165) is 50.4 Å². The van der Waals surface area contributed by atoms with E-state index in [1.165, 1.54) is 22.3 Å². The molecule has 162 valence electrons. The summed E-state index contributed by atoms with van der Waals surface area (Å²) in [5, 5.41) is 13.6. The molecule has 1 aromatic rings. The molecule has 1 aliphatic heterocycles. The number of carbonyl (C=O) groups is 1. The molecule has 4 rings (SSSR count). The molecule has 2 atom stereocenters. The lowest BCUT2D eigenvalue weighted by molar-refractivity contribution is 0.0910. The summed E-state index contributed by atoms with van der Waals surface area (Å²) in [5.41, 5.74) is 5.87. The molecule has 0 aromatic heterocycles. The Balaban J connectivity index is 1.57. The van der Waals surface area contributed by atoms with Gasteiger partial charge < -0.3 is 25.5 Å². The number of benzene rings is 1. The van der Waals surface area contributed by atoms with Gasteiger partial charge in [-0.2, -0.15) is 0 Å². The van der Waals surface area contributed by atoms with Crippen molar-refractivity contribution in [1.82, 2.24) is 5.32 Å². The lowest BCUT2D eigenvalue weighted by atomic mass is 9.99. The third-order valence-corrected chi connectivity index (χ3v) is 7.08. The first-order valence-corrected chi connectivity index (χ1v) is 11.6. The van der Waals surface area contributed by atoms with E-state index in [0.29, 0.717) is 19.6 Å². The summed E-state index contributed by atoms with van der Waals surface area (Å²) < 4.78 is 27.5. The standard InChI is InChI=1S/C21H28N4O4S/c1-28-15-8-9-29-20(23-12-15)18(11-22)30(27)25-21(26)24-19-16-6-2-4-13(16)10-14-5-3-7-17(14)19/h10-11,15,22-23,30H,2-9,12H2,1H3,(H,24,26)/b20-18-,22-11?/t15-/m0/s1. The number of nitrogens with one attached hydrogen (secondary N) is 3. The molecular weight excluding hydrogens is 404 g/mol. The molecule has 1 unspecified atom stereocenters. The average Bonchev–Trinajstić information content (AvgIpc) is 3.33. The lowest BCUT2D eigenvalue weighted by Crippen LogP contribution is -2.26. The van der Waals surface area contributed by atoms with Crippen LogP contribution in [0.4, 0.5) is 10.5 Å². The number of aryl methyl sites for hydroxylation is 2. The van der Waals surface area contributed by atoms with Gasteiger partial charge in [-0.1, -0.05) is 6.07 Å². The quantitative estimate of drug-likeness (QED) is 0.432. The van der Waals surface area contributed by atoms with Crippen molar-refractivity contribution in [3.63, 3.8) is 0 Å². The second-order valence-electron chi connectivity index (χ2n) is 7.77. The summed E-state index contributed by atoms with van der Waals surface area (Å²) in [6.07, 6.45) is 7.70. The van der Waals surface area contributed by atoms with Crippen molar-refractivity contribution >= 4 is 28.5 Å². The maximum atomic E-state index is 12.8. The molecule has 1 fully saturated rings. The number of fused-ring (bicyclic) bond motifs is 2. The van der Waals surface area contributed by atoms with Gasteiger partial charge in [0, 0.05) is 32.0 Å². The molecule has 0 spiro atoms. The van der Waals surface area contributed by atoms with E-state index < -0.39 is 16.6 Å². The van der Waals surface area contributed by atoms with Crippen LogP contribution in [0.15, 0.2) is 21.2 Å². The Hall–Kier alpha value is -2.39. The second kappa shape index (κ2) is 9.18. The Labute approximate surface area is 178 Å². The third-order valence-electron chi connectivity index (χ3n) is 5.97. The van der Waals surface area contributed by atoms with E-state index >= 15 is 0 Å². The Morgan fingerprint density at radius 3 is 2.63 bits per heavy atom.